The van der Waals surface area contributed by atoms with Crippen LogP contribution in [-0.2, 0) is 6.54 Å². The molecule has 1 aliphatic heterocycles. The van der Waals surface area contributed by atoms with Crippen molar-refractivity contribution < 1.29 is 9.90 Å². The molecule has 4 heteroatoms. The van der Waals surface area contributed by atoms with E-state index < -0.39 is 0 Å². The van der Waals surface area contributed by atoms with Crippen LogP contribution in [-0.4, -0.2) is 53.9 Å². The van der Waals surface area contributed by atoms with Gasteiger partial charge < -0.3 is 10.0 Å². The first-order valence-electron chi connectivity index (χ1n) is 7.19. The van der Waals surface area contributed by atoms with Gasteiger partial charge >= 0.3 is 0 Å². The standard InChI is InChI=1S/C16H24N2O2/c1-12(19)13-4-5-16(20)14(10-13)11-18(3)15-6-8-17(2)9-7-15/h4-5,10,15,20H,6-9,11H2,1-3H3. The highest BCUT2D eigenvalue weighted by molar-refractivity contribution is 5.94. The largest absolute Gasteiger partial charge is 0.508 e. The summed E-state index contributed by atoms with van der Waals surface area (Å²) >= 11 is 0. The number of Topliss-reactive ketones (excluding diaryl/α,β-unsaturated/α-hetero) is 1. The Morgan fingerprint density at radius 2 is 2.05 bits per heavy atom. The van der Waals surface area contributed by atoms with Gasteiger partial charge in [-0.15, -0.1) is 0 Å². The lowest BCUT2D eigenvalue weighted by Crippen LogP contribution is -2.41. The highest BCUT2D eigenvalue weighted by atomic mass is 16.3. The molecule has 1 heterocycles. The van der Waals surface area contributed by atoms with E-state index in [2.05, 4.69) is 23.9 Å². The molecule has 2 rings (SSSR count). The normalized spacial score (nSPS) is 17.6. The predicted octanol–water partition coefficient (Wildman–Crippen LogP) is 2.12. The van der Waals surface area contributed by atoms with Crippen LogP contribution in [0.15, 0.2) is 18.2 Å². The van der Waals surface area contributed by atoms with Crippen LogP contribution in [0.2, 0.25) is 0 Å². The number of phenolic OH excluding ortho intramolecular Hbond substituents is 1. The molecule has 0 aromatic heterocycles. The zero-order chi connectivity index (χ0) is 14.7. The van der Waals surface area contributed by atoms with Crippen molar-refractivity contribution in [3.05, 3.63) is 29.3 Å². The summed E-state index contributed by atoms with van der Waals surface area (Å²) in [5.41, 5.74) is 1.49. The van der Waals surface area contributed by atoms with Gasteiger partial charge in [0, 0.05) is 23.7 Å². The molecule has 1 fully saturated rings. The Morgan fingerprint density at radius 3 is 2.65 bits per heavy atom. The molecule has 0 saturated carbocycles. The topological polar surface area (TPSA) is 43.8 Å². The van der Waals surface area contributed by atoms with Crippen LogP contribution >= 0.6 is 0 Å². The quantitative estimate of drug-likeness (QED) is 0.856. The molecular weight excluding hydrogens is 252 g/mol. The third-order valence-corrected chi connectivity index (χ3v) is 4.22. The Labute approximate surface area is 121 Å². The van der Waals surface area contributed by atoms with E-state index >= 15 is 0 Å². The van der Waals surface area contributed by atoms with Crippen LogP contribution in [0, 0.1) is 0 Å². The molecular formula is C16H24N2O2. The highest BCUT2D eigenvalue weighted by Gasteiger charge is 2.21. The van der Waals surface area contributed by atoms with E-state index in [1.165, 1.54) is 0 Å². The minimum absolute atomic E-state index is 0.0354. The Kier molecular flexibility index (Phi) is 4.78. The Balaban J connectivity index is 2.05. The van der Waals surface area contributed by atoms with E-state index in [-0.39, 0.29) is 11.5 Å². The maximum absolute atomic E-state index is 11.4. The first-order chi connectivity index (χ1) is 9.47. The van der Waals surface area contributed by atoms with Gasteiger partial charge in [0.15, 0.2) is 5.78 Å². The molecule has 0 amide bonds. The van der Waals surface area contributed by atoms with E-state index in [0.717, 1.165) is 31.5 Å². The lowest BCUT2D eigenvalue weighted by molar-refractivity contribution is 0.101. The molecule has 0 spiro atoms. The maximum atomic E-state index is 11.4. The molecule has 0 atom stereocenters. The Hall–Kier alpha value is -1.39. The first-order valence-corrected chi connectivity index (χ1v) is 7.19. The maximum Gasteiger partial charge on any atom is 0.159 e. The van der Waals surface area contributed by atoms with Crippen molar-refractivity contribution in [2.24, 2.45) is 0 Å². The minimum atomic E-state index is 0.0354. The highest BCUT2D eigenvalue weighted by Crippen LogP contribution is 2.23. The fourth-order valence-electron chi connectivity index (χ4n) is 2.76. The van der Waals surface area contributed by atoms with Crippen LogP contribution in [0.5, 0.6) is 5.75 Å². The minimum Gasteiger partial charge on any atom is -0.508 e. The fraction of sp³-hybridized carbons (Fsp3) is 0.562. The average Bonchev–Trinajstić information content (AvgIpc) is 2.41. The van der Waals surface area contributed by atoms with Crippen LogP contribution in [0.25, 0.3) is 0 Å². The van der Waals surface area contributed by atoms with E-state index in [4.69, 9.17) is 0 Å². The van der Waals surface area contributed by atoms with Crippen molar-refractivity contribution in [1.29, 1.82) is 0 Å². The summed E-state index contributed by atoms with van der Waals surface area (Å²) in [5.74, 6) is 0.308. The Morgan fingerprint density at radius 1 is 1.40 bits per heavy atom. The fourth-order valence-corrected chi connectivity index (χ4v) is 2.76. The number of hydrogen-bond acceptors (Lipinski definition) is 4. The van der Waals surface area contributed by atoms with Gasteiger partial charge in [-0.05, 0) is 65.1 Å². The van der Waals surface area contributed by atoms with Crippen LogP contribution in [0.1, 0.15) is 35.7 Å². The third-order valence-electron chi connectivity index (χ3n) is 4.22. The van der Waals surface area contributed by atoms with Gasteiger partial charge in [0.05, 0.1) is 0 Å². The van der Waals surface area contributed by atoms with Gasteiger partial charge in [0.2, 0.25) is 0 Å². The monoisotopic (exact) mass is 276 g/mol. The zero-order valence-electron chi connectivity index (χ0n) is 12.6. The van der Waals surface area contributed by atoms with Gasteiger partial charge in [-0.25, -0.2) is 0 Å². The van der Waals surface area contributed by atoms with Crippen LogP contribution in [0.4, 0.5) is 0 Å². The first kappa shape index (κ1) is 15.0. The number of carbonyl (C=O) groups excluding carboxylic acids is 1. The van der Waals surface area contributed by atoms with Gasteiger partial charge in [-0.1, -0.05) is 0 Å². The summed E-state index contributed by atoms with van der Waals surface area (Å²) in [6, 6.07) is 5.65. The van der Waals surface area contributed by atoms with Gasteiger partial charge in [-0.2, -0.15) is 0 Å². The number of carbonyl (C=O) groups is 1. The molecule has 1 aliphatic rings. The van der Waals surface area contributed by atoms with E-state index in [9.17, 15) is 9.90 Å². The second-order valence-electron chi connectivity index (χ2n) is 5.85. The molecule has 0 radical (unpaired) electrons. The van der Waals surface area contributed by atoms with Crippen molar-refractivity contribution >= 4 is 5.78 Å². The number of likely N-dealkylation sites (tertiary alicyclic amines) is 1. The molecule has 1 saturated heterocycles. The molecule has 110 valence electrons. The summed E-state index contributed by atoms with van der Waals surface area (Å²) in [6.45, 7) is 4.47. The number of rotatable bonds is 4. The summed E-state index contributed by atoms with van der Waals surface area (Å²) in [4.78, 5) is 16.1. The van der Waals surface area contributed by atoms with Crippen molar-refractivity contribution in [1.82, 2.24) is 9.80 Å². The summed E-state index contributed by atoms with van der Waals surface area (Å²) in [5, 5.41) is 9.96. The third kappa shape index (κ3) is 3.58. The number of hydrogen-bond donors (Lipinski definition) is 1. The second kappa shape index (κ2) is 6.37. The molecule has 0 unspecified atom stereocenters. The molecule has 1 N–H and O–H groups in total. The molecule has 0 bridgehead atoms. The molecule has 1 aromatic carbocycles. The van der Waals surface area contributed by atoms with Crippen molar-refractivity contribution in [3.8, 4) is 5.75 Å². The Bertz CT molecular complexity index is 479. The van der Waals surface area contributed by atoms with Gasteiger partial charge in [0.25, 0.3) is 0 Å². The molecule has 1 aromatic rings. The second-order valence-corrected chi connectivity index (χ2v) is 5.85. The van der Waals surface area contributed by atoms with E-state index in [1.54, 1.807) is 19.1 Å². The lowest BCUT2D eigenvalue weighted by atomic mass is 10.0. The van der Waals surface area contributed by atoms with E-state index in [0.29, 0.717) is 18.2 Å². The number of benzene rings is 1. The molecule has 20 heavy (non-hydrogen) atoms. The van der Waals surface area contributed by atoms with E-state index in [1.807, 2.05) is 6.07 Å². The number of piperidine rings is 1. The summed E-state index contributed by atoms with van der Waals surface area (Å²) in [6.07, 6.45) is 2.31. The SMILES string of the molecule is CC(=O)c1ccc(O)c(CN(C)C2CCN(C)CC2)c1. The van der Waals surface area contributed by atoms with Crippen LogP contribution in [0.3, 0.4) is 0 Å². The van der Waals surface area contributed by atoms with Gasteiger partial charge in [0.1, 0.15) is 5.75 Å². The van der Waals surface area contributed by atoms with Crippen molar-refractivity contribution in [2.75, 3.05) is 27.2 Å². The average molecular weight is 276 g/mol. The number of nitrogens with zero attached hydrogens (tertiary/aromatic N) is 2. The van der Waals surface area contributed by atoms with Gasteiger partial charge in [-0.3, -0.25) is 9.69 Å². The summed E-state index contributed by atoms with van der Waals surface area (Å²) < 4.78 is 0. The molecule has 0 aliphatic carbocycles. The smallest absolute Gasteiger partial charge is 0.159 e. The molecule has 4 nitrogen and oxygen atoms in total. The zero-order valence-corrected chi connectivity index (χ0v) is 12.6. The summed E-state index contributed by atoms with van der Waals surface area (Å²) in [7, 11) is 4.24. The van der Waals surface area contributed by atoms with Crippen molar-refractivity contribution in [3.63, 3.8) is 0 Å². The lowest BCUT2D eigenvalue weighted by Gasteiger charge is -2.35. The predicted molar refractivity (Wildman–Crippen MR) is 80.1 cm³/mol. The van der Waals surface area contributed by atoms with Crippen molar-refractivity contribution in [2.45, 2.75) is 32.4 Å². The number of ketones is 1. The number of phenols is 1. The number of aromatic hydroxyl groups is 1. The van der Waals surface area contributed by atoms with Crippen LogP contribution < -0.4 is 0 Å².